The second kappa shape index (κ2) is 5.56. The molecule has 2 N–H and O–H groups in total. The van der Waals surface area contributed by atoms with Crippen LogP contribution in [0.15, 0.2) is 0 Å². The van der Waals surface area contributed by atoms with E-state index in [9.17, 15) is 15.2 Å². The highest BCUT2D eigenvalue weighted by molar-refractivity contribution is 5.59. The van der Waals surface area contributed by atoms with E-state index in [0.29, 0.717) is 30.4 Å². The second-order valence-electron chi connectivity index (χ2n) is 5.06. The van der Waals surface area contributed by atoms with Crippen LogP contribution >= 0.6 is 0 Å². The summed E-state index contributed by atoms with van der Waals surface area (Å²) >= 11 is 0. The van der Waals surface area contributed by atoms with Crippen molar-refractivity contribution in [3.05, 3.63) is 15.8 Å². The normalized spacial score (nSPS) is 16.4. The van der Waals surface area contributed by atoms with Crippen molar-refractivity contribution < 1.29 is 10.0 Å². The predicted molar refractivity (Wildman–Crippen MR) is 71.1 cm³/mol. The molecular formula is C12H20N4O3. The maximum Gasteiger partial charge on any atom is 0.333 e. The molecule has 1 aromatic heterocycles. The summed E-state index contributed by atoms with van der Waals surface area (Å²) in [4.78, 5) is 10.8. The summed E-state index contributed by atoms with van der Waals surface area (Å²) in [6.07, 6.45) is 3.03. The van der Waals surface area contributed by atoms with Crippen LogP contribution in [0.5, 0.6) is 0 Å². The summed E-state index contributed by atoms with van der Waals surface area (Å²) in [5, 5.41) is 28.2. The van der Waals surface area contributed by atoms with E-state index in [0.717, 1.165) is 19.3 Å². The van der Waals surface area contributed by atoms with Crippen LogP contribution in [0.3, 0.4) is 0 Å². The summed E-state index contributed by atoms with van der Waals surface area (Å²) < 4.78 is 1.49. The Labute approximate surface area is 111 Å². The molecule has 1 atom stereocenters. The monoisotopic (exact) mass is 268 g/mol. The van der Waals surface area contributed by atoms with Crippen LogP contribution < -0.4 is 5.32 Å². The quantitative estimate of drug-likeness (QED) is 0.577. The molecule has 2 rings (SSSR count). The molecule has 1 saturated carbocycles. The van der Waals surface area contributed by atoms with E-state index in [-0.39, 0.29) is 5.69 Å². The molecule has 1 aliphatic carbocycles. The molecule has 7 nitrogen and oxygen atoms in total. The number of aliphatic hydroxyl groups excluding tert-OH is 1. The number of hydrogen-bond acceptors (Lipinski definition) is 5. The van der Waals surface area contributed by atoms with Crippen LogP contribution in [0.2, 0.25) is 0 Å². The summed E-state index contributed by atoms with van der Waals surface area (Å²) in [6, 6.07) is 0. The van der Waals surface area contributed by atoms with Crippen molar-refractivity contribution in [1.29, 1.82) is 0 Å². The van der Waals surface area contributed by atoms with Crippen molar-refractivity contribution in [2.24, 2.45) is 13.0 Å². The fourth-order valence-corrected chi connectivity index (χ4v) is 2.21. The smallest absolute Gasteiger partial charge is 0.333 e. The lowest BCUT2D eigenvalue weighted by Gasteiger charge is -2.11. The number of rotatable bonds is 7. The first-order chi connectivity index (χ1) is 9.04. The summed E-state index contributed by atoms with van der Waals surface area (Å²) in [6.45, 7) is 2.29. The van der Waals surface area contributed by atoms with E-state index in [2.05, 4.69) is 10.4 Å². The van der Waals surface area contributed by atoms with Gasteiger partial charge in [-0.1, -0.05) is 13.3 Å². The van der Waals surface area contributed by atoms with Crippen LogP contribution in [0, 0.1) is 16.0 Å². The van der Waals surface area contributed by atoms with E-state index in [1.807, 2.05) is 6.92 Å². The minimum absolute atomic E-state index is 0.0346. The van der Waals surface area contributed by atoms with Crippen molar-refractivity contribution in [2.45, 2.75) is 38.7 Å². The Morgan fingerprint density at radius 1 is 1.63 bits per heavy atom. The van der Waals surface area contributed by atoms with Gasteiger partial charge in [0.05, 0.1) is 11.0 Å². The zero-order chi connectivity index (χ0) is 14.0. The molecule has 0 amide bonds. The topological polar surface area (TPSA) is 93.2 Å². The third kappa shape index (κ3) is 3.04. The van der Waals surface area contributed by atoms with Crippen LogP contribution in [0.1, 0.15) is 31.9 Å². The Balaban J connectivity index is 2.14. The number of anilines is 1. The fraction of sp³-hybridized carbons (Fsp3) is 0.750. The lowest BCUT2D eigenvalue weighted by molar-refractivity contribution is -0.384. The highest BCUT2D eigenvalue weighted by Gasteiger charge is 2.31. The molecule has 1 unspecified atom stereocenters. The third-order valence-corrected chi connectivity index (χ3v) is 3.41. The molecule has 0 bridgehead atoms. The van der Waals surface area contributed by atoms with E-state index >= 15 is 0 Å². The number of aliphatic hydroxyl groups is 1. The molecule has 7 heteroatoms. The third-order valence-electron chi connectivity index (χ3n) is 3.41. The summed E-state index contributed by atoms with van der Waals surface area (Å²) in [5.41, 5.74) is 0.533. The average molecular weight is 268 g/mol. The van der Waals surface area contributed by atoms with Crippen LogP contribution in [0.4, 0.5) is 11.5 Å². The molecule has 1 fully saturated rings. The maximum absolute atomic E-state index is 11.2. The Morgan fingerprint density at radius 2 is 2.32 bits per heavy atom. The van der Waals surface area contributed by atoms with Gasteiger partial charge in [0.2, 0.25) is 5.82 Å². The average Bonchev–Trinajstić information content (AvgIpc) is 3.13. The second-order valence-corrected chi connectivity index (χ2v) is 5.06. The van der Waals surface area contributed by atoms with Crippen LogP contribution in [0.25, 0.3) is 0 Å². The van der Waals surface area contributed by atoms with Gasteiger partial charge in [-0.2, -0.15) is 5.10 Å². The molecule has 0 spiro atoms. The fourth-order valence-electron chi connectivity index (χ4n) is 2.21. The number of nitrogens with one attached hydrogen (secondary N) is 1. The standard InChI is InChI=1S/C12H20N4O3/c1-3-4-9-11(16(18)19)12(15(2)14-9)13-7-10(17)8-5-6-8/h8,10,13,17H,3-7H2,1-2H3. The number of aryl methyl sites for hydroxylation is 2. The molecule has 1 heterocycles. The SMILES string of the molecule is CCCc1nn(C)c(NCC(O)C2CC2)c1[N+](=O)[O-]. The number of hydrogen-bond donors (Lipinski definition) is 2. The van der Waals surface area contributed by atoms with Crippen molar-refractivity contribution >= 4 is 11.5 Å². The Hall–Kier alpha value is -1.63. The van der Waals surface area contributed by atoms with Gasteiger partial charge in [0.15, 0.2) is 0 Å². The largest absolute Gasteiger partial charge is 0.391 e. The van der Waals surface area contributed by atoms with E-state index < -0.39 is 11.0 Å². The minimum Gasteiger partial charge on any atom is -0.391 e. The molecule has 19 heavy (non-hydrogen) atoms. The lowest BCUT2D eigenvalue weighted by Crippen LogP contribution is -2.22. The molecule has 106 valence electrons. The first-order valence-electron chi connectivity index (χ1n) is 6.66. The Kier molecular flexibility index (Phi) is 4.04. The first-order valence-corrected chi connectivity index (χ1v) is 6.66. The molecule has 0 aliphatic heterocycles. The van der Waals surface area contributed by atoms with Gasteiger partial charge in [-0.25, -0.2) is 4.68 Å². The van der Waals surface area contributed by atoms with Gasteiger partial charge >= 0.3 is 5.69 Å². The summed E-state index contributed by atoms with van der Waals surface area (Å²) in [7, 11) is 1.68. The number of nitro groups is 1. The zero-order valence-corrected chi connectivity index (χ0v) is 11.3. The number of aromatic nitrogens is 2. The van der Waals surface area contributed by atoms with Gasteiger partial charge in [0.1, 0.15) is 5.69 Å². The van der Waals surface area contributed by atoms with Gasteiger partial charge in [-0.15, -0.1) is 0 Å². The van der Waals surface area contributed by atoms with Crippen molar-refractivity contribution in [2.75, 3.05) is 11.9 Å². The predicted octanol–water partition coefficient (Wildman–Crippen LogP) is 1.46. The zero-order valence-electron chi connectivity index (χ0n) is 11.3. The maximum atomic E-state index is 11.2. The van der Waals surface area contributed by atoms with E-state index in [1.54, 1.807) is 7.05 Å². The Morgan fingerprint density at radius 3 is 2.84 bits per heavy atom. The van der Waals surface area contributed by atoms with Gasteiger partial charge in [-0.3, -0.25) is 10.1 Å². The molecule has 0 aromatic carbocycles. The lowest BCUT2D eigenvalue weighted by atomic mass is 10.2. The van der Waals surface area contributed by atoms with Crippen molar-refractivity contribution in [3.8, 4) is 0 Å². The van der Waals surface area contributed by atoms with Gasteiger partial charge in [-0.05, 0) is 25.2 Å². The molecule has 0 saturated heterocycles. The number of nitrogens with zero attached hydrogens (tertiary/aromatic N) is 3. The van der Waals surface area contributed by atoms with Crippen LogP contribution in [-0.4, -0.2) is 32.5 Å². The van der Waals surface area contributed by atoms with Gasteiger partial charge in [0.25, 0.3) is 0 Å². The van der Waals surface area contributed by atoms with Gasteiger partial charge < -0.3 is 10.4 Å². The highest BCUT2D eigenvalue weighted by atomic mass is 16.6. The summed E-state index contributed by atoms with van der Waals surface area (Å²) in [5.74, 6) is 0.725. The molecule has 0 radical (unpaired) electrons. The van der Waals surface area contributed by atoms with E-state index in [1.165, 1.54) is 4.68 Å². The molecule has 1 aromatic rings. The molecular weight excluding hydrogens is 248 g/mol. The van der Waals surface area contributed by atoms with Crippen molar-refractivity contribution in [3.63, 3.8) is 0 Å². The van der Waals surface area contributed by atoms with Crippen molar-refractivity contribution in [1.82, 2.24) is 9.78 Å². The van der Waals surface area contributed by atoms with Crippen LogP contribution in [-0.2, 0) is 13.5 Å². The van der Waals surface area contributed by atoms with Gasteiger partial charge in [0, 0.05) is 13.6 Å². The van der Waals surface area contributed by atoms with E-state index in [4.69, 9.17) is 0 Å². The molecule has 1 aliphatic rings. The minimum atomic E-state index is -0.441. The first kappa shape index (κ1) is 13.8. The Bertz CT molecular complexity index is 468. The highest BCUT2D eigenvalue weighted by Crippen LogP contribution is 2.33.